The molecule has 0 N–H and O–H groups in total. The van der Waals surface area contributed by atoms with Crippen LogP contribution >= 0.6 is 34.8 Å². The molecule has 0 bridgehead atoms. The zero-order valence-corrected chi connectivity index (χ0v) is 23.2. The van der Waals surface area contributed by atoms with Crippen molar-refractivity contribution in [2.24, 2.45) is 5.41 Å². The van der Waals surface area contributed by atoms with Crippen LogP contribution in [-0.2, 0) is 14.8 Å². The number of carbonyl (C=O) groups excluding carboxylic acids is 1. The molecule has 1 atom stereocenters. The van der Waals surface area contributed by atoms with E-state index in [-0.39, 0.29) is 35.4 Å². The molecule has 0 aliphatic carbocycles. The van der Waals surface area contributed by atoms with Gasteiger partial charge in [0.25, 0.3) is 0 Å². The molecule has 1 amide bonds. The molecule has 2 aliphatic rings. The van der Waals surface area contributed by atoms with Crippen LogP contribution in [0.4, 0.5) is 0 Å². The van der Waals surface area contributed by atoms with E-state index in [4.69, 9.17) is 39.5 Å². The van der Waals surface area contributed by atoms with Crippen LogP contribution < -0.4 is 4.74 Å². The molecule has 7 nitrogen and oxygen atoms in total. The monoisotopic (exact) mass is 573 g/mol. The summed E-state index contributed by atoms with van der Waals surface area (Å²) in [6.07, 6.45) is 1.47. The number of nitrogens with zero attached hydrogens (tertiary/aromatic N) is 3. The van der Waals surface area contributed by atoms with Crippen LogP contribution in [0.15, 0.2) is 47.4 Å². The minimum Gasteiger partial charge on any atom is -0.493 e. The molecule has 0 unspecified atom stereocenters. The van der Waals surface area contributed by atoms with Crippen LogP contribution in [0, 0.1) is 5.41 Å². The number of piperidine rings is 1. The van der Waals surface area contributed by atoms with Gasteiger partial charge in [-0.3, -0.25) is 4.79 Å². The van der Waals surface area contributed by atoms with Crippen molar-refractivity contribution in [3.05, 3.63) is 57.5 Å². The fourth-order valence-electron chi connectivity index (χ4n) is 4.76. The number of piperazine rings is 1. The summed E-state index contributed by atoms with van der Waals surface area (Å²) in [5, 5.41) is 1.03. The van der Waals surface area contributed by atoms with E-state index < -0.39 is 15.4 Å². The predicted molar refractivity (Wildman–Crippen MR) is 143 cm³/mol. The van der Waals surface area contributed by atoms with Gasteiger partial charge in [-0.1, -0.05) is 34.8 Å². The second kappa shape index (κ2) is 11.5. The molecule has 11 heteroatoms. The molecule has 2 heterocycles. The summed E-state index contributed by atoms with van der Waals surface area (Å²) in [4.78, 5) is 17.4. The van der Waals surface area contributed by atoms with E-state index in [1.54, 1.807) is 24.3 Å². The third-order valence-electron chi connectivity index (χ3n) is 6.88. The van der Waals surface area contributed by atoms with Crippen LogP contribution in [0.25, 0.3) is 0 Å². The molecule has 2 aliphatic heterocycles. The number of likely N-dealkylation sites (N-methyl/N-ethyl adjacent to an activating group) is 1. The Labute approximate surface area is 227 Å². The summed E-state index contributed by atoms with van der Waals surface area (Å²) in [5.41, 5.74) is -0.690. The molecule has 196 valence electrons. The van der Waals surface area contributed by atoms with Crippen molar-refractivity contribution in [2.75, 3.05) is 52.9 Å². The van der Waals surface area contributed by atoms with Crippen LogP contribution in [-0.4, -0.2) is 81.4 Å². The Hall–Kier alpha value is -1.55. The summed E-state index contributed by atoms with van der Waals surface area (Å²) in [6.45, 7) is 3.64. The van der Waals surface area contributed by atoms with E-state index in [2.05, 4.69) is 4.90 Å². The number of sulfonamides is 1. The van der Waals surface area contributed by atoms with E-state index in [9.17, 15) is 13.2 Å². The Balaban J connectivity index is 1.58. The van der Waals surface area contributed by atoms with Gasteiger partial charge in [0.2, 0.25) is 15.9 Å². The Morgan fingerprint density at radius 2 is 1.64 bits per heavy atom. The third-order valence-corrected chi connectivity index (χ3v) is 9.69. The van der Waals surface area contributed by atoms with Crippen LogP contribution in [0.5, 0.6) is 5.75 Å². The minimum atomic E-state index is -3.90. The Morgan fingerprint density at radius 1 is 0.972 bits per heavy atom. The molecule has 0 radical (unpaired) electrons. The summed E-state index contributed by atoms with van der Waals surface area (Å²) in [7, 11) is -1.86. The molecule has 36 heavy (non-hydrogen) atoms. The number of hydrogen-bond acceptors (Lipinski definition) is 5. The zero-order valence-electron chi connectivity index (χ0n) is 20.1. The minimum absolute atomic E-state index is 0.00776. The quantitative estimate of drug-likeness (QED) is 0.481. The average molecular weight is 575 g/mol. The van der Waals surface area contributed by atoms with Gasteiger partial charge in [0.15, 0.2) is 0 Å². The fourth-order valence-corrected chi connectivity index (χ4v) is 7.22. The first kappa shape index (κ1) is 27.5. The normalized spacial score (nSPS) is 21.9. The maximum atomic E-state index is 13.6. The van der Waals surface area contributed by atoms with Gasteiger partial charge >= 0.3 is 0 Å². The largest absolute Gasteiger partial charge is 0.493 e. The smallest absolute Gasteiger partial charge is 0.244 e. The number of ether oxygens (including phenoxy) is 1. The molecule has 2 aromatic carbocycles. The van der Waals surface area contributed by atoms with E-state index in [0.29, 0.717) is 48.3 Å². The third kappa shape index (κ3) is 6.47. The highest BCUT2D eigenvalue weighted by Gasteiger charge is 2.43. The van der Waals surface area contributed by atoms with Gasteiger partial charge in [-0.05, 0) is 62.4 Å². The molecule has 0 aromatic heterocycles. The highest BCUT2D eigenvalue weighted by Crippen LogP contribution is 2.38. The zero-order chi connectivity index (χ0) is 25.9. The van der Waals surface area contributed by atoms with Gasteiger partial charge in [0, 0.05) is 61.1 Å². The second-order valence-corrected chi connectivity index (χ2v) is 12.8. The number of amides is 1. The second-order valence-electron chi connectivity index (χ2n) is 9.62. The molecule has 4 rings (SSSR count). The van der Waals surface area contributed by atoms with E-state index in [0.717, 1.165) is 13.1 Å². The van der Waals surface area contributed by atoms with Crippen molar-refractivity contribution >= 4 is 50.7 Å². The van der Waals surface area contributed by atoms with E-state index >= 15 is 0 Å². The molecular formula is C25H30Cl3N3O4S. The summed E-state index contributed by atoms with van der Waals surface area (Å²) in [5.74, 6) is 0.637. The first-order valence-electron chi connectivity index (χ1n) is 11.9. The lowest BCUT2D eigenvalue weighted by molar-refractivity contribution is -0.136. The van der Waals surface area contributed by atoms with Crippen molar-refractivity contribution in [1.82, 2.24) is 14.1 Å². The number of halogens is 3. The first-order chi connectivity index (χ1) is 17.1. The molecule has 0 spiro atoms. The molecule has 2 saturated heterocycles. The number of rotatable bonds is 7. The lowest BCUT2D eigenvalue weighted by atomic mass is 9.78. The standard InChI is InChI=1S/C25H30Cl3N3O4S/c1-29-11-13-30(14-12-29)24(32)16-25(18-35-21-6-3-19(26)4-7-21)9-2-10-31(17-25)36(33,34)23-8-5-20(27)15-22(23)28/h3-8,15H,2,9-14,16-18H2,1H3/t25-/m0/s1. The van der Waals surface area contributed by atoms with Crippen molar-refractivity contribution in [3.63, 3.8) is 0 Å². The van der Waals surface area contributed by atoms with Gasteiger partial charge < -0.3 is 14.5 Å². The Morgan fingerprint density at radius 3 is 2.31 bits per heavy atom. The number of carbonyl (C=O) groups is 1. The van der Waals surface area contributed by atoms with E-state index in [1.165, 1.54) is 22.5 Å². The Kier molecular flexibility index (Phi) is 8.75. The topological polar surface area (TPSA) is 70.2 Å². The number of benzene rings is 2. The van der Waals surface area contributed by atoms with Gasteiger partial charge in [-0.15, -0.1) is 0 Å². The molecular weight excluding hydrogens is 545 g/mol. The fraction of sp³-hybridized carbons (Fsp3) is 0.480. The first-order valence-corrected chi connectivity index (χ1v) is 14.5. The predicted octanol–water partition coefficient (Wildman–Crippen LogP) is 4.66. The SMILES string of the molecule is CN1CCN(C(=O)C[C@@]2(COc3ccc(Cl)cc3)CCCN(S(=O)(=O)c3ccc(Cl)cc3Cl)C2)CC1. The lowest BCUT2D eigenvalue weighted by Gasteiger charge is -2.43. The highest BCUT2D eigenvalue weighted by molar-refractivity contribution is 7.89. The number of hydrogen-bond donors (Lipinski definition) is 0. The van der Waals surface area contributed by atoms with E-state index in [1.807, 2.05) is 11.9 Å². The Bertz CT molecular complexity index is 1190. The van der Waals surface area contributed by atoms with Gasteiger partial charge in [-0.25, -0.2) is 8.42 Å². The van der Waals surface area contributed by atoms with Crippen molar-refractivity contribution in [3.8, 4) is 5.75 Å². The average Bonchev–Trinajstić information content (AvgIpc) is 2.84. The summed E-state index contributed by atoms with van der Waals surface area (Å²) < 4.78 is 34.7. The van der Waals surface area contributed by atoms with Crippen molar-refractivity contribution < 1.29 is 17.9 Å². The van der Waals surface area contributed by atoms with Crippen molar-refractivity contribution in [1.29, 1.82) is 0 Å². The summed E-state index contributed by atoms with van der Waals surface area (Å²) in [6, 6.07) is 11.4. The summed E-state index contributed by atoms with van der Waals surface area (Å²) >= 11 is 18.3. The van der Waals surface area contributed by atoms with Gasteiger partial charge in [-0.2, -0.15) is 4.31 Å². The van der Waals surface area contributed by atoms with Gasteiger partial charge in [0.1, 0.15) is 10.6 Å². The maximum absolute atomic E-state index is 13.6. The van der Waals surface area contributed by atoms with Gasteiger partial charge in [0.05, 0.1) is 11.6 Å². The van der Waals surface area contributed by atoms with Crippen LogP contribution in [0.3, 0.4) is 0 Å². The van der Waals surface area contributed by atoms with Crippen LogP contribution in [0.1, 0.15) is 19.3 Å². The molecule has 0 saturated carbocycles. The lowest BCUT2D eigenvalue weighted by Crippen LogP contribution is -2.53. The van der Waals surface area contributed by atoms with Crippen LogP contribution in [0.2, 0.25) is 15.1 Å². The molecule has 2 aromatic rings. The molecule has 2 fully saturated rings. The van der Waals surface area contributed by atoms with Crippen molar-refractivity contribution in [2.45, 2.75) is 24.2 Å². The maximum Gasteiger partial charge on any atom is 0.244 e. The highest BCUT2D eigenvalue weighted by atomic mass is 35.5.